The van der Waals surface area contributed by atoms with Crippen LogP contribution in [0.3, 0.4) is 0 Å². The number of nitrogens with two attached hydrogens (primary N) is 2. The summed E-state index contributed by atoms with van der Waals surface area (Å²) in [5.41, 5.74) is 5.95. The Bertz CT molecular complexity index is 773. The van der Waals surface area contributed by atoms with E-state index < -0.39 is 15.3 Å². The Morgan fingerprint density at radius 2 is 1.95 bits per heavy atom. The number of nitrogens with one attached hydrogen (secondary N) is 1. The van der Waals surface area contributed by atoms with Crippen molar-refractivity contribution in [2.24, 2.45) is 5.14 Å². The Morgan fingerprint density at radius 3 is 2.45 bits per heavy atom. The number of primary sulfonamides is 1. The Hall–Kier alpha value is -1.69. The lowest BCUT2D eigenvalue weighted by atomic mass is 10.3. The molecule has 2 aromatic rings. The van der Waals surface area contributed by atoms with E-state index in [1.54, 1.807) is 6.92 Å². The lowest BCUT2D eigenvalue weighted by molar-refractivity contribution is -0.115. The van der Waals surface area contributed by atoms with Gasteiger partial charge in [-0.2, -0.15) is 0 Å². The van der Waals surface area contributed by atoms with Gasteiger partial charge in [-0.3, -0.25) is 4.79 Å². The van der Waals surface area contributed by atoms with Crippen LogP contribution in [0.25, 0.3) is 0 Å². The Morgan fingerprint density at radius 1 is 1.32 bits per heavy atom. The number of carbonyl (C=O) groups excluding carboxylic acids is 1. The molecule has 2 rings (SSSR count). The molecule has 1 amide bonds. The van der Waals surface area contributed by atoms with Crippen molar-refractivity contribution in [3.8, 4) is 0 Å². The number of nitrogen functional groups attached to an aromatic ring is 1. The molecular formula is C11H13N5O3S3. The first kappa shape index (κ1) is 16.7. The van der Waals surface area contributed by atoms with Crippen molar-refractivity contribution in [2.45, 2.75) is 21.4 Å². The number of hydrogen-bond acceptors (Lipinski definition) is 8. The molecule has 1 aromatic heterocycles. The molecule has 1 heterocycles. The third-order valence-corrected chi connectivity index (χ3v) is 5.39. The molecule has 11 heteroatoms. The predicted molar refractivity (Wildman–Crippen MR) is 86.1 cm³/mol. The lowest BCUT2D eigenvalue weighted by Gasteiger charge is -2.10. The summed E-state index contributed by atoms with van der Waals surface area (Å²) in [4.78, 5) is 12.0. The van der Waals surface area contributed by atoms with E-state index in [0.29, 0.717) is 15.2 Å². The molecule has 0 bridgehead atoms. The molecule has 0 aliphatic carbocycles. The van der Waals surface area contributed by atoms with Gasteiger partial charge in [-0.05, 0) is 31.2 Å². The van der Waals surface area contributed by atoms with E-state index in [4.69, 9.17) is 10.9 Å². The minimum atomic E-state index is -3.75. The van der Waals surface area contributed by atoms with Gasteiger partial charge in [0.2, 0.25) is 21.1 Å². The summed E-state index contributed by atoms with van der Waals surface area (Å²) in [5, 5.41) is 15.1. The number of carbonyl (C=O) groups is 1. The lowest BCUT2D eigenvalue weighted by Crippen LogP contribution is -2.22. The third kappa shape index (κ3) is 4.40. The normalized spacial score (nSPS) is 12.8. The van der Waals surface area contributed by atoms with Crippen LogP contribution in [0.5, 0.6) is 0 Å². The zero-order chi connectivity index (χ0) is 16.3. The van der Waals surface area contributed by atoms with Crippen molar-refractivity contribution in [1.29, 1.82) is 0 Å². The number of sulfonamides is 1. The first-order valence-electron chi connectivity index (χ1n) is 5.95. The fraction of sp³-hybridized carbons (Fsp3) is 0.182. The molecule has 1 aromatic carbocycles. The zero-order valence-corrected chi connectivity index (χ0v) is 13.8. The second-order valence-electron chi connectivity index (χ2n) is 4.22. The standard InChI is InChI=1S/C11H13N5O3S3/c1-6(20-11-16-15-10(12)21-11)9(17)14-7-2-4-8(5-3-7)22(13,18)19/h2-6H,1H3,(H2,12,15)(H,14,17)(H2,13,18,19). The molecule has 22 heavy (non-hydrogen) atoms. The highest BCUT2D eigenvalue weighted by Crippen LogP contribution is 2.28. The zero-order valence-electron chi connectivity index (χ0n) is 11.4. The van der Waals surface area contributed by atoms with Crippen LogP contribution in [0.15, 0.2) is 33.5 Å². The van der Waals surface area contributed by atoms with Gasteiger partial charge in [0.25, 0.3) is 0 Å². The topological polar surface area (TPSA) is 141 Å². The maximum Gasteiger partial charge on any atom is 0.238 e. The molecule has 118 valence electrons. The van der Waals surface area contributed by atoms with E-state index in [0.717, 1.165) is 0 Å². The van der Waals surface area contributed by atoms with Crippen molar-refractivity contribution in [2.75, 3.05) is 11.1 Å². The molecule has 5 N–H and O–H groups in total. The quantitative estimate of drug-likeness (QED) is 0.673. The van der Waals surface area contributed by atoms with Crippen LogP contribution in [0.2, 0.25) is 0 Å². The van der Waals surface area contributed by atoms with Crippen LogP contribution in [0, 0.1) is 0 Å². The molecule has 1 atom stereocenters. The van der Waals surface area contributed by atoms with Gasteiger partial charge < -0.3 is 11.1 Å². The average molecular weight is 359 g/mol. The number of nitrogens with zero attached hydrogens (tertiary/aromatic N) is 2. The molecule has 0 aliphatic heterocycles. The molecule has 8 nitrogen and oxygen atoms in total. The van der Waals surface area contributed by atoms with Crippen molar-refractivity contribution >= 4 is 49.8 Å². The molecule has 1 unspecified atom stereocenters. The SMILES string of the molecule is CC(Sc1nnc(N)s1)C(=O)Nc1ccc(S(N)(=O)=O)cc1. The predicted octanol–water partition coefficient (Wildman–Crippen LogP) is 0.887. The summed E-state index contributed by atoms with van der Waals surface area (Å²) in [6.45, 7) is 1.72. The van der Waals surface area contributed by atoms with Gasteiger partial charge in [0, 0.05) is 5.69 Å². The Kier molecular flexibility index (Phi) is 5.01. The van der Waals surface area contributed by atoms with Crippen molar-refractivity contribution in [3.63, 3.8) is 0 Å². The molecule has 0 saturated carbocycles. The molecule has 0 fully saturated rings. The molecule has 0 saturated heterocycles. The van der Waals surface area contributed by atoms with Gasteiger partial charge in [-0.25, -0.2) is 13.6 Å². The minimum absolute atomic E-state index is 0.0164. The fourth-order valence-electron chi connectivity index (χ4n) is 1.44. The first-order valence-corrected chi connectivity index (χ1v) is 9.19. The van der Waals surface area contributed by atoms with Gasteiger partial charge in [0.15, 0.2) is 4.34 Å². The number of rotatable bonds is 5. The number of thioether (sulfide) groups is 1. The van der Waals surface area contributed by atoms with Crippen LogP contribution < -0.4 is 16.2 Å². The second kappa shape index (κ2) is 6.60. The van der Waals surface area contributed by atoms with Crippen molar-refractivity contribution < 1.29 is 13.2 Å². The largest absolute Gasteiger partial charge is 0.374 e. The second-order valence-corrected chi connectivity index (χ2v) is 8.38. The van der Waals surface area contributed by atoms with E-state index in [1.165, 1.54) is 47.4 Å². The summed E-state index contributed by atoms with van der Waals surface area (Å²) in [7, 11) is -3.75. The van der Waals surface area contributed by atoms with E-state index in [9.17, 15) is 13.2 Å². The van der Waals surface area contributed by atoms with Crippen LogP contribution in [-0.4, -0.2) is 29.8 Å². The van der Waals surface area contributed by atoms with Gasteiger partial charge in [0.1, 0.15) is 0 Å². The van der Waals surface area contributed by atoms with Crippen LogP contribution >= 0.6 is 23.1 Å². The Labute approximate surface area is 135 Å². The smallest absolute Gasteiger partial charge is 0.238 e. The molecular weight excluding hydrogens is 346 g/mol. The summed E-state index contributed by atoms with van der Waals surface area (Å²) >= 11 is 2.44. The highest BCUT2D eigenvalue weighted by molar-refractivity contribution is 8.02. The molecule has 0 spiro atoms. The molecule has 0 aliphatic rings. The van der Waals surface area contributed by atoms with Crippen molar-refractivity contribution in [1.82, 2.24) is 10.2 Å². The summed E-state index contributed by atoms with van der Waals surface area (Å²) in [6, 6.07) is 5.60. The summed E-state index contributed by atoms with van der Waals surface area (Å²) in [5.74, 6) is -0.248. The summed E-state index contributed by atoms with van der Waals surface area (Å²) in [6.07, 6.45) is 0. The van der Waals surface area contributed by atoms with Gasteiger partial charge in [-0.1, -0.05) is 23.1 Å². The highest BCUT2D eigenvalue weighted by atomic mass is 32.2. The van der Waals surface area contributed by atoms with Gasteiger partial charge in [-0.15, -0.1) is 10.2 Å². The maximum atomic E-state index is 12.1. The van der Waals surface area contributed by atoms with Crippen LogP contribution in [0.1, 0.15) is 6.92 Å². The number of aromatic nitrogens is 2. The number of anilines is 2. The van der Waals surface area contributed by atoms with E-state index in [-0.39, 0.29) is 10.8 Å². The number of hydrogen-bond donors (Lipinski definition) is 3. The number of benzene rings is 1. The maximum absolute atomic E-state index is 12.1. The van der Waals surface area contributed by atoms with Gasteiger partial charge in [0.05, 0.1) is 10.1 Å². The Balaban J connectivity index is 1.99. The van der Waals surface area contributed by atoms with E-state index in [2.05, 4.69) is 15.5 Å². The first-order chi connectivity index (χ1) is 10.3. The minimum Gasteiger partial charge on any atom is -0.374 e. The van der Waals surface area contributed by atoms with Gasteiger partial charge >= 0.3 is 0 Å². The van der Waals surface area contributed by atoms with Crippen LogP contribution in [-0.2, 0) is 14.8 Å². The van der Waals surface area contributed by atoms with E-state index >= 15 is 0 Å². The summed E-state index contributed by atoms with van der Waals surface area (Å²) < 4.78 is 22.9. The van der Waals surface area contributed by atoms with Crippen molar-refractivity contribution in [3.05, 3.63) is 24.3 Å². The third-order valence-electron chi connectivity index (χ3n) is 2.52. The molecule has 0 radical (unpaired) electrons. The highest BCUT2D eigenvalue weighted by Gasteiger charge is 2.17. The monoisotopic (exact) mass is 359 g/mol. The fourth-order valence-corrected chi connectivity index (χ4v) is 3.74. The van der Waals surface area contributed by atoms with E-state index in [1.807, 2.05) is 0 Å². The van der Waals surface area contributed by atoms with Crippen LogP contribution in [0.4, 0.5) is 10.8 Å². The average Bonchev–Trinajstić information content (AvgIpc) is 2.83. The number of amides is 1.